The summed E-state index contributed by atoms with van der Waals surface area (Å²) in [5.41, 5.74) is 0.580. The van der Waals surface area contributed by atoms with Gasteiger partial charge in [-0.05, 0) is 31.7 Å². The molecule has 2 aromatic rings. The predicted octanol–water partition coefficient (Wildman–Crippen LogP) is 2.44. The van der Waals surface area contributed by atoms with Crippen LogP contribution in [-0.4, -0.2) is 69.3 Å². The number of hydrogen-bond acceptors (Lipinski definition) is 8. The van der Waals surface area contributed by atoms with Crippen molar-refractivity contribution in [2.75, 3.05) is 31.6 Å². The molecule has 2 aliphatic rings. The van der Waals surface area contributed by atoms with Crippen molar-refractivity contribution in [3.8, 4) is 0 Å². The second-order valence-electron chi connectivity index (χ2n) is 7.28. The van der Waals surface area contributed by atoms with E-state index in [9.17, 15) is 18.0 Å². The van der Waals surface area contributed by atoms with Crippen molar-refractivity contribution >= 4 is 17.7 Å². The number of rotatable bonds is 5. The van der Waals surface area contributed by atoms with Gasteiger partial charge in [-0.2, -0.15) is 13.2 Å². The molecule has 1 atom stereocenters. The maximum Gasteiger partial charge on any atom is 0.490 e. The average molecular weight is 457 g/mol. The van der Waals surface area contributed by atoms with Crippen molar-refractivity contribution in [1.82, 2.24) is 19.9 Å². The summed E-state index contributed by atoms with van der Waals surface area (Å²) in [6.45, 7) is 4.00. The van der Waals surface area contributed by atoms with E-state index in [1.165, 1.54) is 19.2 Å². The van der Waals surface area contributed by atoms with Crippen LogP contribution < -0.4 is 5.32 Å². The summed E-state index contributed by atoms with van der Waals surface area (Å²) in [4.78, 5) is 36.4. The number of halogens is 3. The smallest absolute Gasteiger partial charge is 0.475 e. The first-order chi connectivity index (χ1) is 15.2. The second kappa shape index (κ2) is 9.94. The Bertz CT molecular complexity index is 947. The summed E-state index contributed by atoms with van der Waals surface area (Å²) >= 11 is 0. The molecule has 32 heavy (non-hydrogen) atoms. The fourth-order valence-corrected chi connectivity index (χ4v) is 2.90. The summed E-state index contributed by atoms with van der Waals surface area (Å²) in [6.07, 6.45) is 0.478. The third-order valence-corrected chi connectivity index (χ3v) is 4.81. The Balaban J connectivity index is 0.000000360. The van der Waals surface area contributed by atoms with Crippen LogP contribution in [0.4, 0.5) is 19.0 Å². The number of carbonyl (C=O) groups excluding carboxylic acids is 1. The zero-order valence-electron chi connectivity index (χ0n) is 17.1. The topological polar surface area (TPSA) is 131 Å². The lowest BCUT2D eigenvalue weighted by Crippen LogP contribution is -2.44. The molecule has 1 aliphatic heterocycles. The van der Waals surface area contributed by atoms with E-state index in [0.29, 0.717) is 31.3 Å². The predicted molar refractivity (Wildman–Crippen MR) is 103 cm³/mol. The highest BCUT2D eigenvalue weighted by Crippen LogP contribution is 2.29. The minimum absolute atomic E-state index is 0.205. The van der Waals surface area contributed by atoms with E-state index < -0.39 is 12.1 Å². The van der Waals surface area contributed by atoms with Crippen LogP contribution in [0.15, 0.2) is 23.1 Å². The molecule has 1 aliphatic carbocycles. The number of morpholine rings is 1. The quantitative estimate of drug-likeness (QED) is 0.695. The molecule has 4 rings (SSSR count). The number of oxazole rings is 1. The number of carbonyl (C=O) groups is 2. The number of alkyl halides is 3. The number of aryl methyl sites for hydroxylation is 1. The fraction of sp³-hybridized carbons (Fsp3) is 0.526. The summed E-state index contributed by atoms with van der Waals surface area (Å²) in [6, 6.07) is 1.51. The van der Waals surface area contributed by atoms with Crippen LogP contribution in [0.1, 0.15) is 41.0 Å². The maximum atomic E-state index is 12.8. The first-order valence-electron chi connectivity index (χ1n) is 9.82. The van der Waals surface area contributed by atoms with Crippen LogP contribution in [0.5, 0.6) is 0 Å². The summed E-state index contributed by atoms with van der Waals surface area (Å²) in [7, 11) is 0. The van der Waals surface area contributed by atoms with Crippen molar-refractivity contribution in [1.29, 1.82) is 0 Å². The first-order valence-corrected chi connectivity index (χ1v) is 9.82. The minimum atomic E-state index is -5.08. The van der Waals surface area contributed by atoms with Crippen LogP contribution >= 0.6 is 0 Å². The van der Waals surface area contributed by atoms with E-state index in [4.69, 9.17) is 19.1 Å². The number of carboxylic acid groups (broad SMARTS) is 1. The molecule has 1 unspecified atom stereocenters. The average Bonchev–Trinajstić information content (AvgIpc) is 3.50. The second-order valence-corrected chi connectivity index (χ2v) is 7.28. The van der Waals surface area contributed by atoms with E-state index in [-0.39, 0.29) is 17.7 Å². The first kappa shape index (κ1) is 23.4. The Morgan fingerprint density at radius 2 is 2.03 bits per heavy atom. The molecule has 2 fully saturated rings. The standard InChI is InChI=1S/C17H21N5O3.C2HF3O2/c1-11-15(25-10-20-11)17(23)22-6-7-24-9-13(22)16-18-5-4-14(21-16)19-8-12-2-3-12;3-2(4,5)1(6)7/h4-5,10,12-13H,2-3,6-9H2,1H3,(H,18,19,21);(H,6,7). The molecule has 0 radical (unpaired) electrons. The van der Waals surface area contributed by atoms with E-state index in [0.717, 1.165) is 18.3 Å². The van der Waals surface area contributed by atoms with Crippen molar-refractivity contribution in [2.24, 2.45) is 5.92 Å². The number of aliphatic carboxylic acids is 1. The lowest BCUT2D eigenvalue weighted by Gasteiger charge is -2.34. The zero-order chi connectivity index (χ0) is 23.3. The third-order valence-electron chi connectivity index (χ3n) is 4.81. The highest BCUT2D eigenvalue weighted by molar-refractivity contribution is 5.92. The highest BCUT2D eigenvalue weighted by atomic mass is 19.4. The van der Waals surface area contributed by atoms with Crippen LogP contribution in [0, 0.1) is 12.8 Å². The molecule has 174 valence electrons. The summed E-state index contributed by atoms with van der Waals surface area (Å²) < 4.78 is 42.6. The van der Waals surface area contributed by atoms with Crippen LogP contribution in [0.2, 0.25) is 0 Å². The molecule has 13 heteroatoms. The molecule has 0 aromatic carbocycles. The Kier molecular flexibility index (Phi) is 7.28. The molecule has 2 aromatic heterocycles. The molecule has 1 amide bonds. The number of aromatic nitrogens is 3. The molecular weight excluding hydrogens is 435 g/mol. The summed E-state index contributed by atoms with van der Waals surface area (Å²) in [5, 5.41) is 10.5. The SMILES string of the molecule is Cc1ncoc1C(=O)N1CCOCC1c1nccc(NCC2CC2)n1.O=C(O)C(F)(F)F. The highest BCUT2D eigenvalue weighted by Gasteiger charge is 2.38. The Morgan fingerprint density at radius 3 is 2.62 bits per heavy atom. The number of anilines is 1. The fourth-order valence-electron chi connectivity index (χ4n) is 2.90. The van der Waals surface area contributed by atoms with Gasteiger partial charge in [0.25, 0.3) is 5.91 Å². The Labute approximate surface area is 180 Å². The van der Waals surface area contributed by atoms with Crippen molar-refractivity contribution in [3.63, 3.8) is 0 Å². The lowest BCUT2D eigenvalue weighted by atomic mass is 10.2. The molecule has 1 saturated carbocycles. The van der Waals surface area contributed by atoms with Gasteiger partial charge in [-0.15, -0.1) is 0 Å². The molecule has 10 nitrogen and oxygen atoms in total. The van der Waals surface area contributed by atoms with Crippen LogP contribution in [0.3, 0.4) is 0 Å². The van der Waals surface area contributed by atoms with Crippen LogP contribution in [-0.2, 0) is 9.53 Å². The molecule has 0 spiro atoms. The van der Waals surface area contributed by atoms with Gasteiger partial charge in [0.2, 0.25) is 5.76 Å². The van der Waals surface area contributed by atoms with Gasteiger partial charge >= 0.3 is 12.1 Å². The van der Waals surface area contributed by atoms with Crippen LogP contribution in [0.25, 0.3) is 0 Å². The summed E-state index contributed by atoms with van der Waals surface area (Å²) in [5.74, 6) is -0.591. The molecule has 0 bridgehead atoms. The lowest BCUT2D eigenvalue weighted by molar-refractivity contribution is -0.192. The maximum absolute atomic E-state index is 12.8. The van der Waals surface area contributed by atoms with Gasteiger partial charge in [-0.25, -0.2) is 19.7 Å². The van der Waals surface area contributed by atoms with Gasteiger partial charge in [-0.3, -0.25) is 4.79 Å². The number of nitrogens with zero attached hydrogens (tertiary/aromatic N) is 4. The number of nitrogens with one attached hydrogen (secondary N) is 1. The van der Waals surface area contributed by atoms with Gasteiger partial charge in [0.1, 0.15) is 11.9 Å². The van der Waals surface area contributed by atoms with Gasteiger partial charge in [0.05, 0.1) is 18.9 Å². The normalized spacial score (nSPS) is 18.5. The number of hydrogen-bond donors (Lipinski definition) is 2. The van der Waals surface area contributed by atoms with Gasteiger partial charge < -0.3 is 24.5 Å². The Morgan fingerprint density at radius 1 is 1.31 bits per heavy atom. The van der Waals surface area contributed by atoms with E-state index >= 15 is 0 Å². The molecule has 2 N–H and O–H groups in total. The third kappa shape index (κ3) is 6.15. The molecule has 1 saturated heterocycles. The van der Waals surface area contributed by atoms with E-state index in [2.05, 4.69) is 20.3 Å². The van der Waals surface area contributed by atoms with Gasteiger partial charge in [0, 0.05) is 19.3 Å². The number of ether oxygens (including phenoxy) is 1. The van der Waals surface area contributed by atoms with Gasteiger partial charge in [-0.1, -0.05) is 0 Å². The largest absolute Gasteiger partial charge is 0.490 e. The molecular formula is C19H22F3N5O5. The Hall–Kier alpha value is -3.22. The van der Waals surface area contributed by atoms with Crippen molar-refractivity contribution in [2.45, 2.75) is 32.0 Å². The van der Waals surface area contributed by atoms with Crippen molar-refractivity contribution in [3.05, 3.63) is 35.9 Å². The zero-order valence-corrected chi connectivity index (χ0v) is 17.1. The molecule has 3 heterocycles. The monoisotopic (exact) mass is 457 g/mol. The van der Waals surface area contributed by atoms with Crippen molar-refractivity contribution < 1.29 is 37.0 Å². The van der Waals surface area contributed by atoms with E-state index in [1.54, 1.807) is 18.0 Å². The van der Waals surface area contributed by atoms with E-state index in [1.807, 2.05) is 6.07 Å². The minimum Gasteiger partial charge on any atom is -0.475 e. The number of carboxylic acids is 1. The van der Waals surface area contributed by atoms with Gasteiger partial charge in [0.15, 0.2) is 12.2 Å². The number of amides is 1.